The maximum atomic E-state index is 12.2. The van der Waals surface area contributed by atoms with Crippen LogP contribution in [-0.2, 0) is 4.79 Å². The first kappa shape index (κ1) is 11.2. The Morgan fingerprint density at radius 3 is 2.50 bits per heavy atom. The molecule has 0 saturated carbocycles. The fourth-order valence-corrected chi connectivity index (χ4v) is 2.46. The first-order valence-corrected chi connectivity index (χ1v) is 6.18. The Morgan fingerprint density at radius 1 is 1.22 bits per heavy atom. The fraction of sp³-hybridized carbons (Fsp3) is 0.143. The number of carbonyl (C=O) groups is 2. The molecule has 1 unspecified atom stereocenters. The summed E-state index contributed by atoms with van der Waals surface area (Å²) in [5.74, 6) is -3.11. The maximum Gasteiger partial charge on any atom is 0.311 e. The molecule has 2 rings (SSSR count). The second-order valence-electron chi connectivity index (χ2n) is 3.79. The molecule has 0 radical (unpaired) electrons. The van der Waals surface area contributed by atoms with Gasteiger partial charge in [0.05, 0.1) is 10.8 Å². The number of ketones is 1. The standard InChI is InChI=1S/C14H12O3S/c1-9(14(16)17)11-7-8-12(18-11)13(15)10-5-3-2-4-6-10/h2-9H,1H3,(H,16,17)/i9D. The van der Waals surface area contributed by atoms with Gasteiger partial charge in [-0.2, -0.15) is 0 Å². The summed E-state index contributed by atoms with van der Waals surface area (Å²) in [5.41, 5.74) is 0.554. The Labute approximate surface area is 110 Å². The zero-order chi connectivity index (χ0) is 14.0. The van der Waals surface area contributed by atoms with Crippen LogP contribution in [0.25, 0.3) is 0 Å². The molecule has 2 aromatic rings. The molecule has 1 aromatic carbocycles. The maximum absolute atomic E-state index is 12.2. The molecule has 0 bridgehead atoms. The van der Waals surface area contributed by atoms with Crippen LogP contribution in [0.1, 0.15) is 34.3 Å². The number of rotatable bonds is 4. The molecule has 4 heteroatoms. The van der Waals surface area contributed by atoms with E-state index < -0.39 is 11.9 Å². The van der Waals surface area contributed by atoms with Crippen molar-refractivity contribution in [2.24, 2.45) is 0 Å². The van der Waals surface area contributed by atoms with Crippen LogP contribution >= 0.6 is 11.3 Å². The smallest absolute Gasteiger partial charge is 0.311 e. The number of benzene rings is 1. The van der Waals surface area contributed by atoms with E-state index in [1.165, 1.54) is 13.0 Å². The van der Waals surface area contributed by atoms with Crippen molar-refractivity contribution in [2.45, 2.75) is 12.8 Å². The highest BCUT2D eigenvalue weighted by atomic mass is 32.1. The molecule has 0 aliphatic heterocycles. The van der Waals surface area contributed by atoms with E-state index in [2.05, 4.69) is 0 Å². The van der Waals surface area contributed by atoms with E-state index in [1.807, 2.05) is 6.07 Å². The topological polar surface area (TPSA) is 54.4 Å². The molecule has 1 atom stereocenters. The third-order valence-electron chi connectivity index (χ3n) is 2.56. The summed E-state index contributed by atoms with van der Waals surface area (Å²) in [6.07, 6.45) is 0. The first-order chi connectivity index (χ1) is 8.93. The Morgan fingerprint density at radius 2 is 1.89 bits per heavy atom. The lowest BCUT2D eigenvalue weighted by Gasteiger charge is -2.01. The summed E-state index contributed by atoms with van der Waals surface area (Å²) in [5, 5.41) is 8.99. The van der Waals surface area contributed by atoms with Crippen LogP contribution in [0.4, 0.5) is 0 Å². The van der Waals surface area contributed by atoms with E-state index in [1.54, 1.807) is 30.3 Å². The lowest BCUT2D eigenvalue weighted by Crippen LogP contribution is -2.05. The Kier molecular flexibility index (Phi) is 3.19. The third kappa shape index (κ3) is 2.49. The van der Waals surface area contributed by atoms with E-state index in [9.17, 15) is 9.59 Å². The normalized spacial score (nSPS) is 14.6. The summed E-state index contributed by atoms with van der Waals surface area (Å²) in [4.78, 5) is 24.0. The number of carboxylic acid groups (broad SMARTS) is 1. The molecule has 1 N–H and O–H groups in total. The molecule has 0 fully saturated rings. The minimum atomic E-state index is -1.72. The Bertz CT molecular complexity index is 617. The molecule has 0 aliphatic rings. The SMILES string of the molecule is [2H]C(C)(C(=O)O)c1ccc(C(=O)c2ccccc2)s1. The van der Waals surface area contributed by atoms with Crippen molar-refractivity contribution >= 4 is 23.1 Å². The second kappa shape index (κ2) is 5.14. The van der Waals surface area contributed by atoms with Gasteiger partial charge < -0.3 is 5.11 Å². The van der Waals surface area contributed by atoms with Crippen LogP contribution in [0, 0.1) is 0 Å². The molecule has 1 heterocycles. The van der Waals surface area contributed by atoms with Gasteiger partial charge in [0, 0.05) is 11.8 Å². The predicted octanol–water partition coefficient (Wildman–Crippen LogP) is 3.17. The lowest BCUT2D eigenvalue weighted by atomic mass is 10.1. The van der Waals surface area contributed by atoms with Crippen molar-refractivity contribution < 1.29 is 16.1 Å². The van der Waals surface area contributed by atoms with E-state index in [4.69, 9.17) is 6.48 Å². The molecule has 92 valence electrons. The second-order valence-corrected chi connectivity index (χ2v) is 4.87. The summed E-state index contributed by atoms with van der Waals surface area (Å²) in [6, 6.07) is 11.9. The number of thiophene rings is 1. The van der Waals surface area contributed by atoms with E-state index in [-0.39, 0.29) is 5.78 Å². The van der Waals surface area contributed by atoms with Crippen LogP contribution in [0.3, 0.4) is 0 Å². The number of carboxylic acids is 1. The van der Waals surface area contributed by atoms with E-state index in [0.717, 1.165) is 11.3 Å². The van der Waals surface area contributed by atoms with Gasteiger partial charge in [-0.3, -0.25) is 9.59 Å². The van der Waals surface area contributed by atoms with E-state index in [0.29, 0.717) is 15.3 Å². The quantitative estimate of drug-likeness (QED) is 0.860. The van der Waals surface area contributed by atoms with E-state index >= 15 is 0 Å². The van der Waals surface area contributed by atoms with Gasteiger partial charge in [-0.05, 0) is 19.1 Å². The van der Waals surface area contributed by atoms with Crippen molar-refractivity contribution in [2.75, 3.05) is 0 Å². The van der Waals surface area contributed by atoms with Gasteiger partial charge in [0.1, 0.15) is 0 Å². The largest absolute Gasteiger partial charge is 0.481 e. The highest BCUT2D eigenvalue weighted by molar-refractivity contribution is 7.14. The first-order valence-electron chi connectivity index (χ1n) is 5.86. The monoisotopic (exact) mass is 261 g/mol. The summed E-state index contributed by atoms with van der Waals surface area (Å²) < 4.78 is 7.78. The van der Waals surface area contributed by atoms with Crippen molar-refractivity contribution in [3.05, 3.63) is 57.8 Å². The predicted molar refractivity (Wildman–Crippen MR) is 70.2 cm³/mol. The summed E-state index contributed by atoms with van der Waals surface area (Å²) >= 11 is 1.05. The van der Waals surface area contributed by atoms with Gasteiger partial charge in [0.25, 0.3) is 0 Å². The third-order valence-corrected chi connectivity index (χ3v) is 3.76. The minimum absolute atomic E-state index is 0.155. The zero-order valence-corrected chi connectivity index (χ0v) is 10.5. The van der Waals surface area contributed by atoms with Gasteiger partial charge in [-0.1, -0.05) is 30.3 Å². The molecular weight excluding hydrogens is 248 g/mol. The van der Waals surface area contributed by atoms with Crippen LogP contribution in [0.15, 0.2) is 42.5 Å². The number of hydrogen-bond acceptors (Lipinski definition) is 3. The number of hydrogen-bond donors (Lipinski definition) is 1. The highest BCUT2D eigenvalue weighted by Crippen LogP contribution is 2.26. The van der Waals surface area contributed by atoms with Crippen molar-refractivity contribution in [3.8, 4) is 0 Å². The van der Waals surface area contributed by atoms with Crippen molar-refractivity contribution in [1.29, 1.82) is 0 Å². The molecule has 0 saturated heterocycles. The highest BCUT2D eigenvalue weighted by Gasteiger charge is 2.18. The molecule has 0 amide bonds. The van der Waals surface area contributed by atoms with Gasteiger partial charge in [-0.15, -0.1) is 11.3 Å². The van der Waals surface area contributed by atoms with Gasteiger partial charge in [0.15, 0.2) is 0 Å². The van der Waals surface area contributed by atoms with Gasteiger partial charge in [-0.25, -0.2) is 0 Å². The van der Waals surface area contributed by atoms with Crippen LogP contribution in [0.5, 0.6) is 0 Å². The minimum Gasteiger partial charge on any atom is -0.481 e. The molecule has 0 spiro atoms. The summed E-state index contributed by atoms with van der Waals surface area (Å²) in [7, 11) is 0. The van der Waals surface area contributed by atoms with Crippen LogP contribution < -0.4 is 0 Å². The van der Waals surface area contributed by atoms with Gasteiger partial charge >= 0.3 is 5.97 Å². The fourth-order valence-electron chi connectivity index (χ4n) is 1.50. The van der Waals surface area contributed by atoms with Crippen LogP contribution in [-0.4, -0.2) is 16.9 Å². The van der Waals surface area contributed by atoms with Crippen molar-refractivity contribution in [3.63, 3.8) is 0 Å². The average molecular weight is 261 g/mol. The zero-order valence-electron chi connectivity index (χ0n) is 10.7. The molecular formula is C14H12O3S. The number of aliphatic carboxylic acids is 1. The number of carbonyl (C=O) groups excluding carboxylic acids is 1. The molecule has 0 aliphatic carbocycles. The Balaban J connectivity index is 2.32. The lowest BCUT2D eigenvalue weighted by molar-refractivity contribution is -0.138. The van der Waals surface area contributed by atoms with Crippen LogP contribution in [0.2, 0.25) is 0 Å². The molecule has 1 aromatic heterocycles. The van der Waals surface area contributed by atoms with Crippen molar-refractivity contribution in [1.82, 2.24) is 0 Å². The molecule has 18 heavy (non-hydrogen) atoms. The summed E-state index contributed by atoms with van der Waals surface area (Å²) in [6.45, 7) is 1.30. The molecule has 3 nitrogen and oxygen atoms in total. The van der Waals surface area contributed by atoms with Gasteiger partial charge in [0.2, 0.25) is 5.78 Å². The average Bonchev–Trinajstić information content (AvgIpc) is 2.89. The Hall–Kier alpha value is -1.94.